The lowest BCUT2D eigenvalue weighted by molar-refractivity contribution is -0.114. The second kappa shape index (κ2) is 7.24. The van der Waals surface area contributed by atoms with E-state index in [1.54, 1.807) is 0 Å². The van der Waals surface area contributed by atoms with E-state index in [1.807, 2.05) is 6.92 Å². The Balaban J connectivity index is 2.43. The number of hydrazone groups is 1. The smallest absolute Gasteiger partial charge is 0.223 e. The molecule has 0 spiro atoms. The van der Waals surface area contributed by atoms with Crippen molar-refractivity contribution in [3.8, 4) is 0 Å². The third-order valence-corrected chi connectivity index (χ3v) is 3.67. The molecule has 98 valence electrons. The van der Waals surface area contributed by atoms with E-state index >= 15 is 0 Å². The Kier molecular flexibility index (Phi) is 5.95. The van der Waals surface area contributed by atoms with Gasteiger partial charge in [-0.3, -0.25) is 10.2 Å². The highest BCUT2D eigenvalue weighted by Crippen LogP contribution is 2.25. The van der Waals surface area contributed by atoms with Gasteiger partial charge in [0.05, 0.1) is 0 Å². The molecule has 0 saturated heterocycles. The lowest BCUT2D eigenvalue weighted by atomic mass is 10.5. The number of thiocarbonyl (C=S) groups is 1. The zero-order valence-electron chi connectivity index (χ0n) is 9.76. The van der Waals surface area contributed by atoms with Crippen molar-refractivity contribution < 1.29 is 4.79 Å². The van der Waals surface area contributed by atoms with Crippen LogP contribution in [-0.4, -0.2) is 32.7 Å². The number of hydrogen-bond acceptors (Lipinski definition) is 7. The highest BCUT2D eigenvalue weighted by Gasteiger charge is 2.06. The second-order valence-corrected chi connectivity index (χ2v) is 5.81. The Bertz CT molecular complexity index is 471. The number of rotatable bonds is 5. The summed E-state index contributed by atoms with van der Waals surface area (Å²) in [6, 6.07) is 0. The van der Waals surface area contributed by atoms with Gasteiger partial charge >= 0.3 is 0 Å². The van der Waals surface area contributed by atoms with Gasteiger partial charge in [-0.15, -0.1) is 10.2 Å². The number of nitrogens with zero attached hydrogens (tertiary/aromatic N) is 3. The van der Waals surface area contributed by atoms with Gasteiger partial charge in [0.15, 0.2) is 9.45 Å². The first kappa shape index (κ1) is 14.8. The van der Waals surface area contributed by atoms with E-state index in [1.165, 1.54) is 30.0 Å². The molecule has 1 amide bonds. The molecule has 0 bridgehead atoms. The fraction of sp³-hybridized carbons (Fsp3) is 0.375. The number of carbonyl (C=O) groups excluding carboxylic acids is 1. The molecule has 0 aliphatic heterocycles. The highest BCUT2D eigenvalue weighted by molar-refractivity contribution is 8.01. The molecule has 7 nitrogen and oxygen atoms in total. The standard InChI is InChI=1S/C8H12N6OS3/c1-4(11-12-6(9)16)3-17-8-14-13-7(18-8)10-5(2)15/h3H2,1-2H3,(H3,9,12,16)(H,10,13,15)/b11-4+. The summed E-state index contributed by atoms with van der Waals surface area (Å²) >= 11 is 7.40. The van der Waals surface area contributed by atoms with Gasteiger partial charge in [0.2, 0.25) is 11.0 Å². The first-order chi connectivity index (χ1) is 8.47. The van der Waals surface area contributed by atoms with E-state index in [9.17, 15) is 4.79 Å². The Hall–Kier alpha value is -1.26. The first-order valence-corrected chi connectivity index (χ1v) is 7.01. The SMILES string of the molecule is CC(=O)Nc1nnc(SC/C(C)=N/NC(N)=S)s1. The van der Waals surface area contributed by atoms with Crippen molar-refractivity contribution >= 4 is 57.2 Å². The van der Waals surface area contributed by atoms with Crippen LogP contribution < -0.4 is 16.5 Å². The number of carbonyl (C=O) groups is 1. The van der Waals surface area contributed by atoms with Crippen LogP contribution in [-0.2, 0) is 4.79 Å². The topological polar surface area (TPSA) is 105 Å². The average molecular weight is 304 g/mol. The summed E-state index contributed by atoms with van der Waals surface area (Å²) in [5, 5.41) is 14.9. The third-order valence-electron chi connectivity index (χ3n) is 1.45. The minimum absolute atomic E-state index is 0.128. The van der Waals surface area contributed by atoms with Gasteiger partial charge in [-0.25, -0.2) is 0 Å². The molecule has 0 unspecified atom stereocenters. The summed E-state index contributed by atoms with van der Waals surface area (Å²) in [6.07, 6.45) is 0. The van der Waals surface area contributed by atoms with Crippen LogP contribution in [0.4, 0.5) is 5.13 Å². The predicted molar refractivity (Wildman–Crippen MR) is 78.0 cm³/mol. The van der Waals surface area contributed by atoms with Gasteiger partial charge in [0.1, 0.15) is 0 Å². The largest absolute Gasteiger partial charge is 0.375 e. The third kappa shape index (κ3) is 5.89. The molecule has 1 aromatic heterocycles. The molecule has 18 heavy (non-hydrogen) atoms. The van der Waals surface area contributed by atoms with Crippen molar-refractivity contribution in [1.29, 1.82) is 0 Å². The summed E-state index contributed by atoms with van der Waals surface area (Å²) in [6.45, 7) is 3.26. The zero-order valence-corrected chi connectivity index (χ0v) is 12.2. The van der Waals surface area contributed by atoms with Crippen LogP contribution in [0.5, 0.6) is 0 Å². The van der Waals surface area contributed by atoms with Crippen LogP contribution >= 0.6 is 35.3 Å². The normalized spacial score (nSPS) is 11.1. The van der Waals surface area contributed by atoms with Crippen LogP contribution in [0.25, 0.3) is 0 Å². The predicted octanol–water partition coefficient (Wildman–Crippen LogP) is 0.798. The molecule has 10 heteroatoms. The quantitative estimate of drug-likeness (QED) is 0.243. The average Bonchev–Trinajstić information content (AvgIpc) is 2.70. The fourth-order valence-electron chi connectivity index (χ4n) is 0.818. The summed E-state index contributed by atoms with van der Waals surface area (Å²) in [5.41, 5.74) is 8.57. The van der Waals surface area contributed by atoms with Crippen LogP contribution in [0.15, 0.2) is 9.44 Å². The van der Waals surface area contributed by atoms with Crippen molar-refractivity contribution in [3.05, 3.63) is 0 Å². The van der Waals surface area contributed by atoms with Gasteiger partial charge in [-0.05, 0) is 19.1 Å². The van der Waals surface area contributed by atoms with E-state index in [0.29, 0.717) is 10.9 Å². The number of anilines is 1. The van der Waals surface area contributed by atoms with E-state index < -0.39 is 0 Å². The minimum atomic E-state index is -0.166. The number of nitrogens with two attached hydrogens (primary N) is 1. The van der Waals surface area contributed by atoms with E-state index in [0.717, 1.165) is 10.1 Å². The molecule has 0 aromatic carbocycles. The Morgan fingerprint density at radius 1 is 1.56 bits per heavy atom. The Labute approximate surface area is 118 Å². The van der Waals surface area contributed by atoms with Crippen molar-refractivity contribution in [2.24, 2.45) is 10.8 Å². The van der Waals surface area contributed by atoms with Gasteiger partial charge in [-0.1, -0.05) is 23.1 Å². The van der Waals surface area contributed by atoms with Crippen LogP contribution in [0, 0.1) is 0 Å². The van der Waals surface area contributed by atoms with Crippen LogP contribution in [0.3, 0.4) is 0 Å². The van der Waals surface area contributed by atoms with Crippen molar-refractivity contribution in [3.63, 3.8) is 0 Å². The van der Waals surface area contributed by atoms with Crippen LogP contribution in [0.2, 0.25) is 0 Å². The zero-order chi connectivity index (χ0) is 13.5. The monoisotopic (exact) mass is 304 g/mol. The molecule has 0 aliphatic carbocycles. The maximum Gasteiger partial charge on any atom is 0.223 e. The maximum atomic E-state index is 10.8. The molecule has 0 atom stereocenters. The van der Waals surface area contributed by atoms with Crippen molar-refractivity contribution in [1.82, 2.24) is 15.6 Å². The van der Waals surface area contributed by atoms with Gasteiger partial charge in [0.25, 0.3) is 0 Å². The Morgan fingerprint density at radius 2 is 2.28 bits per heavy atom. The van der Waals surface area contributed by atoms with E-state index in [2.05, 4.69) is 38.3 Å². The number of hydrogen-bond donors (Lipinski definition) is 3. The Morgan fingerprint density at radius 3 is 2.89 bits per heavy atom. The van der Waals surface area contributed by atoms with E-state index in [-0.39, 0.29) is 11.0 Å². The number of aromatic nitrogens is 2. The molecular formula is C8H12N6OS3. The molecule has 0 radical (unpaired) electrons. The number of amides is 1. The lowest BCUT2D eigenvalue weighted by Crippen LogP contribution is -2.25. The molecule has 1 heterocycles. The van der Waals surface area contributed by atoms with Crippen LogP contribution in [0.1, 0.15) is 13.8 Å². The van der Waals surface area contributed by atoms with Gasteiger partial charge in [0, 0.05) is 18.4 Å². The van der Waals surface area contributed by atoms with Crippen molar-refractivity contribution in [2.45, 2.75) is 18.2 Å². The molecule has 0 saturated carbocycles. The summed E-state index contributed by atoms with van der Waals surface area (Å²) in [5.74, 6) is 0.464. The van der Waals surface area contributed by atoms with Gasteiger partial charge < -0.3 is 11.1 Å². The summed E-state index contributed by atoms with van der Waals surface area (Å²) in [7, 11) is 0. The molecule has 0 aliphatic rings. The second-order valence-electron chi connectivity index (χ2n) is 3.17. The molecule has 1 rings (SSSR count). The summed E-state index contributed by atoms with van der Waals surface area (Å²) in [4.78, 5) is 10.8. The van der Waals surface area contributed by atoms with Crippen molar-refractivity contribution in [2.75, 3.05) is 11.1 Å². The van der Waals surface area contributed by atoms with E-state index in [4.69, 9.17) is 5.73 Å². The molecule has 1 aromatic rings. The molecular weight excluding hydrogens is 292 g/mol. The molecule has 0 fully saturated rings. The number of thioether (sulfide) groups is 1. The minimum Gasteiger partial charge on any atom is -0.375 e. The first-order valence-electron chi connectivity index (χ1n) is 4.80. The maximum absolute atomic E-state index is 10.8. The van der Waals surface area contributed by atoms with Gasteiger partial charge in [-0.2, -0.15) is 5.10 Å². The summed E-state index contributed by atoms with van der Waals surface area (Å²) < 4.78 is 0.753. The lowest BCUT2D eigenvalue weighted by Gasteiger charge is -1.99. The number of nitrogens with one attached hydrogen (secondary N) is 2. The highest BCUT2D eigenvalue weighted by atomic mass is 32.2. The fourth-order valence-corrected chi connectivity index (χ4v) is 2.53. The molecule has 4 N–H and O–H groups in total.